The van der Waals surface area contributed by atoms with Gasteiger partial charge in [-0.25, -0.2) is 0 Å². The molecule has 0 N–H and O–H groups in total. The molecular weight excluding hydrogens is 591 g/mol. The van der Waals surface area contributed by atoms with Crippen LogP contribution in [0.15, 0.2) is 84.9 Å². The number of benzene rings is 6. The van der Waals surface area contributed by atoms with Crippen LogP contribution in [0.5, 0.6) is 0 Å². The van der Waals surface area contributed by atoms with Gasteiger partial charge in [-0.15, -0.1) is 0 Å². The summed E-state index contributed by atoms with van der Waals surface area (Å²) in [6.07, 6.45) is 0. The normalized spacial score (nSPS) is 11.7. The number of fused-ring (bicyclic) bond motifs is 3. The molecule has 1 nitrogen and oxygen atoms in total. The maximum Gasteiger partial charge on any atom is 0.0497 e. The van der Waals surface area contributed by atoms with Gasteiger partial charge in [0, 0.05) is 28.4 Å². The minimum atomic E-state index is 0.915. The molecule has 1 heterocycles. The maximum atomic E-state index is 2.50. The van der Waals surface area contributed by atoms with Crippen LogP contribution in [0.1, 0.15) is 62.6 Å². The number of aromatic nitrogens is 1. The molecule has 0 bridgehead atoms. The summed E-state index contributed by atoms with van der Waals surface area (Å²) >= 11 is 0. The first-order valence-electron chi connectivity index (χ1n) is 17.8. The Kier molecular flexibility index (Phi) is 8.14. The van der Waals surface area contributed by atoms with Crippen LogP contribution in [0, 0.1) is 69.2 Å². The molecule has 7 aromatic rings. The predicted molar refractivity (Wildman–Crippen MR) is 214 cm³/mol. The zero-order valence-corrected chi connectivity index (χ0v) is 31.2. The van der Waals surface area contributed by atoms with Crippen LogP contribution in [0.4, 0.5) is 0 Å². The molecule has 0 saturated heterocycles. The van der Waals surface area contributed by atoms with Crippen molar-refractivity contribution >= 4 is 21.8 Å². The zero-order chi connectivity index (χ0) is 34.9. The van der Waals surface area contributed by atoms with Gasteiger partial charge in [0.25, 0.3) is 0 Å². The third-order valence-electron chi connectivity index (χ3n) is 10.8. The minimum Gasteiger partial charge on any atom is -0.341 e. The van der Waals surface area contributed by atoms with Crippen molar-refractivity contribution in [1.82, 2.24) is 4.57 Å². The highest BCUT2D eigenvalue weighted by molar-refractivity contribution is 6.10. The van der Waals surface area contributed by atoms with Crippen LogP contribution in [0.3, 0.4) is 0 Å². The molecule has 246 valence electrons. The molecule has 0 saturated carbocycles. The van der Waals surface area contributed by atoms with E-state index in [9.17, 15) is 0 Å². The molecule has 0 aliphatic heterocycles. The molecule has 0 unspecified atom stereocenters. The summed E-state index contributed by atoms with van der Waals surface area (Å²) in [5.74, 6) is 0. The van der Waals surface area contributed by atoms with Crippen molar-refractivity contribution < 1.29 is 0 Å². The highest BCUT2D eigenvalue weighted by atomic mass is 15.0. The number of rotatable bonds is 5. The second kappa shape index (κ2) is 12.2. The maximum absolute atomic E-state index is 2.50. The third-order valence-corrected chi connectivity index (χ3v) is 10.8. The van der Waals surface area contributed by atoms with Crippen molar-refractivity contribution in [1.29, 1.82) is 0 Å². The van der Waals surface area contributed by atoms with Gasteiger partial charge in [0.15, 0.2) is 0 Å². The molecule has 1 aromatic heterocycles. The quantitative estimate of drug-likeness (QED) is 0.177. The van der Waals surface area contributed by atoms with Crippen molar-refractivity contribution in [3.05, 3.63) is 141 Å². The number of hydrogen-bond acceptors (Lipinski definition) is 0. The van der Waals surface area contributed by atoms with Gasteiger partial charge in [0.2, 0.25) is 0 Å². The summed E-state index contributed by atoms with van der Waals surface area (Å²) in [5, 5.41) is 2.63. The summed E-state index contributed by atoms with van der Waals surface area (Å²) in [6.45, 7) is 25.6. The number of nitrogens with zero attached hydrogens (tertiary/aromatic N) is 1. The Morgan fingerprint density at radius 3 is 1.04 bits per heavy atom. The first-order chi connectivity index (χ1) is 23.4. The molecule has 1 heteroatoms. The van der Waals surface area contributed by atoms with E-state index in [2.05, 4.69) is 166 Å². The van der Waals surface area contributed by atoms with Gasteiger partial charge in [-0.2, -0.15) is 0 Å². The molecule has 0 fully saturated rings. The van der Waals surface area contributed by atoms with Crippen molar-refractivity contribution in [2.24, 2.45) is 0 Å². The monoisotopic (exact) mass is 639 g/mol. The second-order valence-corrected chi connectivity index (χ2v) is 14.7. The lowest BCUT2D eigenvalue weighted by molar-refractivity contribution is 0.827. The van der Waals surface area contributed by atoms with Crippen molar-refractivity contribution in [3.8, 4) is 44.5 Å². The van der Waals surface area contributed by atoms with Crippen molar-refractivity contribution in [2.45, 2.75) is 82.7 Å². The van der Waals surface area contributed by atoms with Crippen molar-refractivity contribution in [2.75, 3.05) is 0 Å². The topological polar surface area (TPSA) is 4.93 Å². The first kappa shape index (κ1) is 32.7. The molecule has 49 heavy (non-hydrogen) atoms. The SMILES string of the molecule is CCn1c2cc(-c3cc(C)c(-c4c(C)cc(C)cc4C)cc3C)ccc2c2ccc(-c3cc(C)c(-c4c(C)cc(C)cc4C)cc3C)cc21. The first-order valence-corrected chi connectivity index (χ1v) is 17.8. The van der Waals surface area contributed by atoms with Gasteiger partial charge < -0.3 is 4.57 Å². The summed E-state index contributed by atoms with van der Waals surface area (Å²) in [5.41, 5.74) is 26.5. The smallest absolute Gasteiger partial charge is 0.0497 e. The van der Waals surface area contributed by atoms with E-state index in [4.69, 9.17) is 0 Å². The molecular formula is C48H49N. The van der Waals surface area contributed by atoms with Gasteiger partial charge in [0.05, 0.1) is 0 Å². The summed E-state index contributed by atoms with van der Waals surface area (Å²) in [7, 11) is 0. The van der Waals surface area contributed by atoms with E-state index in [1.54, 1.807) is 0 Å². The van der Waals surface area contributed by atoms with Gasteiger partial charge in [0.1, 0.15) is 0 Å². The Hall–Kier alpha value is -4.88. The van der Waals surface area contributed by atoms with E-state index in [-0.39, 0.29) is 0 Å². The van der Waals surface area contributed by atoms with E-state index < -0.39 is 0 Å². The largest absolute Gasteiger partial charge is 0.341 e. The Bertz CT molecular complexity index is 2250. The van der Waals surface area contributed by atoms with Gasteiger partial charge in [-0.1, -0.05) is 83.9 Å². The van der Waals surface area contributed by atoms with E-state index in [1.807, 2.05) is 0 Å². The summed E-state index contributed by atoms with van der Waals surface area (Å²) < 4.78 is 2.50. The predicted octanol–water partition coefficient (Wildman–Crippen LogP) is 13.6. The Balaban J connectivity index is 1.32. The molecule has 0 atom stereocenters. The lowest BCUT2D eigenvalue weighted by Gasteiger charge is -2.17. The zero-order valence-electron chi connectivity index (χ0n) is 31.2. The molecule has 0 aliphatic carbocycles. The molecule has 0 spiro atoms. The lowest BCUT2D eigenvalue weighted by atomic mass is 9.87. The Labute approximate surface area is 293 Å². The fourth-order valence-electron chi connectivity index (χ4n) is 8.77. The van der Waals surface area contributed by atoms with Crippen LogP contribution in [0.2, 0.25) is 0 Å². The molecule has 0 aliphatic rings. The lowest BCUT2D eigenvalue weighted by Crippen LogP contribution is -1.96. The van der Waals surface area contributed by atoms with E-state index in [1.165, 1.54) is 122 Å². The molecule has 6 aromatic carbocycles. The molecule has 0 radical (unpaired) electrons. The van der Waals surface area contributed by atoms with Crippen LogP contribution < -0.4 is 0 Å². The molecule has 0 amide bonds. The van der Waals surface area contributed by atoms with E-state index in [0.29, 0.717) is 0 Å². The minimum absolute atomic E-state index is 0.915. The summed E-state index contributed by atoms with van der Waals surface area (Å²) in [4.78, 5) is 0. The molecule has 7 rings (SSSR count). The third kappa shape index (κ3) is 5.50. The fraction of sp³-hybridized carbons (Fsp3) is 0.250. The standard InChI is InChI=1S/C48H49N/c1-12-49-45-25-37(41-21-31(6)43(23-29(41)4)47-33(8)17-27(2)18-34(47)9)13-15-39(45)40-16-14-38(26-46(40)49)42-22-32(7)44(24-30(42)5)48-35(10)19-28(3)20-36(48)11/h13-26H,12H2,1-11H3. The number of aryl methyl sites for hydroxylation is 11. The van der Waals surface area contributed by atoms with Crippen LogP contribution in [-0.4, -0.2) is 4.57 Å². The highest BCUT2D eigenvalue weighted by Gasteiger charge is 2.18. The summed E-state index contributed by atoms with van der Waals surface area (Å²) in [6, 6.07) is 33.0. The van der Waals surface area contributed by atoms with Crippen LogP contribution in [0.25, 0.3) is 66.3 Å². The average Bonchev–Trinajstić information content (AvgIpc) is 3.35. The van der Waals surface area contributed by atoms with Crippen molar-refractivity contribution in [3.63, 3.8) is 0 Å². The number of hydrogen-bond donors (Lipinski definition) is 0. The van der Waals surface area contributed by atoms with Gasteiger partial charge in [-0.05, 0) is 177 Å². The van der Waals surface area contributed by atoms with Gasteiger partial charge in [-0.3, -0.25) is 0 Å². The average molecular weight is 640 g/mol. The Morgan fingerprint density at radius 1 is 0.367 bits per heavy atom. The Morgan fingerprint density at radius 2 is 0.694 bits per heavy atom. The van der Waals surface area contributed by atoms with Crippen LogP contribution >= 0.6 is 0 Å². The van der Waals surface area contributed by atoms with E-state index in [0.717, 1.165) is 6.54 Å². The van der Waals surface area contributed by atoms with E-state index >= 15 is 0 Å². The second-order valence-electron chi connectivity index (χ2n) is 14.7. The highest BCUT2D eigenvalue weighted by Crippen LogP contribution is 2.40. The fourth-order valence-corrected chi connectivity index (χ4v) is 8.77. The van der Waals surface area contributed by atoms with Crippen LogP contribution in [-0.2, 0) is 6.54 Å². The van der Waals surface area contributed by atoms with Gasteiger partial charge >= 0.3 is 0 Å².